The van der Waals surface area contributed by atoms with Crippen LogP contribution in [0.1, 0.15) is 154 Å². The van der Waals surface area contributed by atoms with Crippen molar-refractivity contribution in [1.82, 2.24) is 0 Å². The van der Waals surface area contributed by atoms with Crippen LogP contribution in [0.3, 0.4) is 0 Å². The van der Waals surface area contributed by atoms with Crippen molar-refractivity contribution in [2.45, 2.75) is 154 Å². The lowest BCUT2D eigenvalue weighted by atomic mass is 9.90. The zero-order valence-corrected chi connectivity index (χ0v) is 23.7. The van der Waals surface area contributed by atoms with Crippen LogP contribution in [0, 0.1) is 5.92 Å². The van der Waals surface area contributed by atoms with Crippen molar-refractivity contribution in [3.63, 3.8) is 0 Å². The number of isocyanates is 3. The van der Waals surface area contributed by atoms with Gasteiger partial charge in [0, 0.05) is 0 Å². The van der Waals surface area contributed by atoms with Crippen molar-refractivity contribution in [3.05, 3.63) is 0 Å². The molecule has 6 heteroatoms. The Kier molecular flexibility index (Phi) is 30.6. The Morgan fingerprint density at radius 2 is 0.568 bits per heavy atom. The van der Waals surface area contributed by atoms with Crippen LogP contribution in [0.5, 0.6) is 0 Å². The highest BCUT2D eigenvalue weighted by Gasteiger charge is 2.08. The van der Waals surface area contributed by atoms with Gasteiger partial charge < -0.3 is 0 Å². The maximum Gasteiger partial charge on any atom is 0.234 e. The van der Waals surface area contributed by atoms with E-state index in [1.807, 2.05) is 0 Å². The molecular formula is C31H55N3O3. The Balaban J connectivity index is 3.69. The minimum atomic E-state index is 0.631. The van der Waals surface area contributed by atoms with Gasteiger partial charge >= 0.3 is 0 Å². The molecule has 37 heavy (non-hydrogen) atoms. The molecule has 0 spiro atoms. The van der Waals surface area contributed by atoms with Crippen molar-refractivity contribution in [2.75, 3.05) is 19.6 Å². The molecule has 6 nitrogen and oxygen atoms in total. The lowest BCUT2D eigenvalue weighted by Crippen LogP contribution is -2.02. The maximum atomic E-state index is 10.3. The van der Waals surface area contributed by atoms with E-state index in [1.165, 1.54) is 128 Å². The Morgan fingerprint density at radius 3 is 0.892 bits per heavy atom. The summed E-state index contributed by atoms with van der Waals surface area (Å²) in [7, 11) is 0. The first-order valence-electron chi connectivity index (χ1n) is 15.5. The van der Waals surface area contributed by atoms with E-state index in [1.54, 1.807) is 18.2 Å². The third-order valence-electron chi connectivity index (χ3n) is 7.34. The van der Waals surface area contributed by atoms with Gasteiger partial charge in [0.15, 0.2) is 0 Å². The zero-order valence-electron chi connectivity index (χ0n) is 23.7. The summed E-state index contributed by atoms with van der Waals surface area (Å²) in [6.45, 7) is 1.90. The normalized spacial score (nSPS) is 11.4. The number of rotatable bonds is 30. The lowest BCUT2D eigenvalue weighted by molar-refractivity contribution is 0.373. The van der Waals surface area contributed by atoms with E-state index in [0.717, 1.165) is 31.6 Å². The fourth-order valence-corrected chi connectivity index (χ4v) is 5.11. The quantitative estimate of drug-likeness (QED) is 0.0541. The highest BCUT2D eigenvalue weighted by Crippen LogP contribution is 2.23. The fraction of sp³-hybridized carbons (Fsp3) is 0.903. The Labute approximate surface area is 227 Å². The van der Waals surface area contributed by atoms with Crippen LogP contribution in [0.15, 0.2) is 15.0 Å². The van der Waals surface area contributed by atoms with Crippen LogP contribution < -0.4 is 0 Å². The summed E-state index contributed by atoms with van der Waals surface area (Å²) < 4.78 is 0. The molecule has 0 aromatic carbocycles. The Hall–Kier alpha value is -1.86. The second kappa shape index (κ2) is 32.2. The Morgan fingerprint density at radius 1 is 0.324 bits per heavy atom. The minimum Gasteiger partial charge on any atom is -0.211 e. The standard InChI is InChI=1S/C31H55N3O3/c35-28-32-25-19-15-11-7-4-2-1-3-5-9-13-17-22-31(24-21-27-34-30-37)23-18-14-10-6-8-12-16-20-26-33-29-36/h31H,1-27H2. The second-order valence-corrected chi connectivity index (χ2v) is 10.6. The monoisotopic (exact) mass is 517 g/mol. The molecule has 212 valence electrons. The van der Waals surface area contributed by atoms with E-state index >= 15 is 0 Å². The number of hydrogen-bond acceptors (Lipinski definition) is 6. The van der Waals surface area contributed by atoms with Crippen LogP contribution in [-0.4, -0.2) is 37.9 Å². The van der Waals surface area contributed by atoms with E-state index in [9.17, 15) is 14.4 Å². The summed E-state index contributed by atoms with van der Waals surface area (Å²) >= 11 is 0. The van der Waals surface area contributed by atoms with Gasteiger partial charge in [-0.3, -0.25) is 0 Å². The second-order valence-electron chi connectivity index (χ2n) is 10.6. The van der Waals surface area contributed by atoms with Gasteiger partial charge in [0.2, 0.25) is 18.2 Å². The van der Waals surface area contributed by atoms with Gasteiger partial charge in [-0.2, -0.15) is 0 Å². The van der Waals surface area contributed by atoms with Crippen molar-refractivity contribution >= 4 is 18.2 Å². The molecule has 0 fully saturated rings. The van der Waals surface area contributed by atoms with Gasteiger partial charge in [-0.05, 0) is 31.6 Å². The van der Waals surface area contributed by atoms with Crippen LogP contribution in [-0.2, 0) is 14.4 Å². The highest BCUT2D eigenvalue weighted by atomic mass is 16.1. The topological polar surface area (TPSA) is 88.3 Å². The van der Waals surface area contributed by atoms with Crippen molar-refractivity contribution in [3.8, 4) is 0 Å². The van der Waals surface area contributed by atoms with Gasteiger partial charge in [0.25, 0.3) is 0 Å². The molecule has 1 unspecified atom stereocenters. The van der Waals surface area contributed by atoms with E-state index in [2.05, 4.69) is 15.0 Å². The molecule has 0 amide bonds. The molecule has 0 radical (unpaired) electrons. The van der Waals surface area contributed by atoms with Crippen LogP contribution in [0.4, 0.5) is 0 Å². The van der Waals surface area contributed by atoms with Crippen LogP contribution in [0.25, 0.3) is 0 Å². The summed E-state index contributed by atoms with van der Waals surface area (Å²) in [6, 6.07) is 0. The van der Waals surface area contributed by atoms with Crippen molar-refractivity contribution in [1.29, 1.82) is 0 Å². The predicted octanol–water partition coefficient (Wildman–Crippen LogP) is 8.97. The van der Waals surface area contributed by atoms with Gasteiger partial charge in [-0.1, -0.05) is 128 Å². The predicted molar refractivity (Wildman–Crippen MR) is 153 cm³/mol. The third-order valence-corrected chi connectivity index (χ3v) is 7.34. The largest absolute Gasteiger partial charge is 0.234 e. The van der Waals surface area contributed by atoms with E-state index in [0.29, 0.717) is 19.6 Å². The summed E-state index contributed by atoms with van der Waals surface area (Å²) in [6.07, 6.45) is 35.3. The van der Waals surface area contributed by atoms with Gasteiger partial charge in [0.05, 0.1) is 19.6 Å². The highest BCUT2D eigenvalue weighted by molar-refractivity contribution is 5.33. The molecule has 0 N–H and O–H groups in total. The molecule has 0 aliphatic rings. The molecule has 0 saturated carbocycles. The number of hydrogen-bond donors (Lipinski definition) is 0. The number of carbonyl (C=O) groups excluding carboxylic acids is 3. The molecular weight excluding hydrogens is 462 g/mol. The Bertz CT molecular complexity index is 621. The van der Waals surface area contributed by atoms with E-state index in [-0.39, 0.29) is 0 Å². The van der Waals surface area contributed by atoms with E-state index in [4.69, 9.17) is 0 Å². The van der Waals surface area contributed by atoms with E-state index < -0.39 is 0 Å². The summed E-state index contributed by atoms with van der Waals surface area (Å²) in [5.41, 5.74) is 0. The first-order chi connectivity index (χ1) is 18.3. The maximum absolute atomic E-state index is 10.3. The molecule has 0 aromatic rings. The minimum absolute atomic E-state index is 0.631. The number of unbranched alkanes of at least 4 members (excludes halogenated alkanes) is 18. The fourth-order valence-electron chi connectivity index (χ4n) is 5.11. The van der Waals surface area contributed by atoms with Crippen LogP contribution >= 0.6 is 0 Å². The average Bonchev–Trinajstić information content (AvgIpc) is 2.91. The number of nitrogens with zero attached hydrogens (tertiary/aromatic N) is 3. The molecule has 0 aromatic heterocycles. The molecule has 0 heterocycles. The molecule has 0 bridgehead atoms. The average molecular weight is 518 g/mol. The first kappa shape index (κ1) is 35.1. The van der Waals surface area contributed by atoms with Gasteiger partial charge in [-0.15, -0.1) is 0 Å². The molecule has 0 aliphatic heterocycles. The van der Waals surface area contributed by atoms with Crippen LogP contribution in [0.2, 0.25) is 0 Å². The summed E-state index contributed by atoms with van der Waals surface area (Å²) in [5, 5.41) is 0. The third kappa shape index (κ3) is 30.3. The first-order valence-corrected chi connectivity index (χ1v) is 15.5. The smallest absolute Gasteiger partial charge is 0.211 e. The molecule has 0 rings (SSSR count). The van der Waals surface area contributed by atoms with Crippen molar-refractivity contribution < 1.29 is 14.4 Å². The summed E-state index contributed by atoms with van der Waals surface area (Å²) in [4.78, 5) is 41.3. The number of aliphatic imine (C=N–C) groups is 3. The molecule has 1 atom stereocenters. The molecule has 0 saturated heterocycles. The zero-order chi connectivity index (χ0) is 26.9. The van der Waals surface area contributed by atoms with Gasteiger partial charge in [-0.25, -0.2) is 29.4 Å². The van der Waals surface area contributed by atoms with Crippen molar-refractivity contribution in [2.24, 2.45) is 20.9 Å². The lowest BCUT2D eigenvalue weighted by Gasteiger charge is -2.16. The van der Waals surface area contributed by atoms with Gasteiger partial charge in [0.1, 0.15) is 0 Å². The SMILES string of the molecule is O=C=NCCCCCCCCCCCCCCC(CCCCCCCCCCN=C=O)CCCN=C=O. The molecule has 0 aliphatic carbocycles. The summed E-state index contributed by atoms with van der Waals surface area (Å²) in [5.74, 6) is 0.783.